The third-order valence-electron chi connectivity index (χ3n) is 4.73. The highest BCUT2D eigenvalue weighted by Crippen LogP contribution is 2.45. The summed E-state index contributed by atoms with van der Waals surface area (Å²) >= 11 is 1.14. The maximum Gasteiger partial charge on any atom is 0.337 e. The van der Waals surface area contributed by atoms with E-state index in [-0.39, 0.29) is 35.0 Å². The van der Waals surface area contributed by atoms with Crippen molar-refractivity contribution in [3.8, 4) is 0 Å². The van der Waals surface area contributed by atoms with Gasteiger partial charge < -0.3 is 14.4 Å². The molecule has 2 rings (SSSR count). The molecule has 1 unspecified atom stereocenters. The lowest BCUT2D eigenvalue weighted by molar-refractivity contribution is -0.384. The van der Waals surface area contributed by atoms with Crippen molar-refractivity contribution >= 4 is 35.2 Å². The Kier molecular flexibility index (Phi) is 7.98. The Labute approximate surface area is 184 Å². The molecule has 31 heavy (non-hydrogen) atoms. The fourth-order valence-corrected chi connectivity index (χ4v) is 4.30. The van der Waals surface area contributed by atoms with Gasteiger partial charge in [-0.05, 0) is 26.3 Å². The van der Waals surface area contributed by atoms with Gasteiger partial charge in [-0.25, -0.2) is 9.59 Å². The van der Waals surface area contributed by atoms with Crippen LogP contribution < -0.4 is 0 Å². The minimum absolute atomic E-state index is 0.0919. The molecule has 0 amide bonds. The molecule has 0 bridgehead atoms. The van der Waals surface area contributed by atoms with Crippen LogP contribution in [0.4, 0.5) is 5.69 Å². The number of hydrogen-bond acceptors (Lipinski definition) is 9. The van der Waals surface area contributed by atoms with Gasteiger partial charge in [-0.2, -0.15) is 0 Å². The SMILES string of the molecule is CCOC(=O)C1=C(SCC(C)=O)N(C)C(C)=C(C(=O)OC)C1c1cccc([N+](=O)[O-])c1. The number of ketones is 1. The maximum absolute atomic E-state index is 13.1. The first-order chi connectivity index (χ1) is 14.6. The van der Waals surface area contributed by atoms with Crippen LogP contribution in [0.3, 0.4) is 0 Å². The lowest BCUT2D eigenvalue weighted by Crippen LogP contribution is -2.33. The maximum atomic E-state index is 13.1. The molecule has 0 saturated carbocycles. The second kappa shape index (κ2) is 10.3. The fraction of sp³-hybridized carbons (Fsp3) is 0.381. The number of Topliss-reactive ketones (excluding diaryl/α,β-unsaturated/α-hetero) is 1. The van der Waals surface area contributed by atoms with Gasteiger partial charge in [-0.3, -0.25) is 14.9 Å². The molecule has 1 heterocycles. The number of nitro groups is 1. The van der Waals surface area contributed by atoms with Crippen LogP contribution in [-0.4, -0.2) is 54.1 Å². The number of methoxy groups -OCH3 is 1. The number of rotatable bonds is 8. The molecule has 0 radical (unpaired) electrons. The molecule has 10 heteroatoms. The molecular weight excluding hydrogens is 424 g/mol. The van der Waals surface area contributed by atoms with Crippen LogP contribution in [0.25, 0.3) is 0 Å². The highest BCUT2D eigenvalue weighted by molar-refractivity contribution is 8.03. The van der Waals surface area contributed by atoms with Gasteiger partial charge in [0, 0.05) is 24.9 Å². The van der Waals surface area contributed by atoms with Crippen LogP contribution in [0.1, 0.15) is 32.3 Å². The van der Waals surface area contributed by atoms with E-state index in [1.807, 2.05) is 0 Å². The number of nitrogens with zero attached hydrogens (tertiary/aromatic N) is 2. The van der Waals surface area contributed by atoms with Gasteiger partial charge in [-0.1, -0.05) is 23.9 Å². The number of ether oxygens (including phenoxy) is 2. The van der Waals surface area contributed by atoms with Gasteiger partial charge in [0.05, 0.1) is 46.5 Å². The molecule has 0 N–H and O–H groups in total. The van der Waals surface area contributed by atoms with E-state index in [0.717, 1.165) is 11.8 Å². The van der Waals surface area contributed by atoms with Crippen molar-refractivity contribution in [3.63, 3.8) is 0 Å². The van der Waals surface area contributed by atoms with Gasteiger partial charge in [0.1, 0.15) is 5.78 Å². The summed E-state index contributed by atoms with van der Waals surface area (Å²) in [5, 5.41) is 11.8. The van der Waals surface area contributed by atoms with Crippen LogP contribution in [-0.2, 0) is 23.9 Å². The van der Waals surface area contributed by atoms with Crippen molar-refractivity contribution in [1.82, 2.24) is 4.90 Å². The lowest BCUT2D eigenvalue weighted by atomic mass is 9.81. The molecule has 1 aromatic rings. The average Bonchev–Trinajstić information content (AvgIpc) is 2.73. The fourth-order valence-electron chi connectivity index (χ4n) is 3.28. The first-order valence-corrected chi connectivity index (χ1v) is 10.4. The highest BCUT2D eigenvalue weighted by atomic mass is 32.2. The Morgan fingerprint density at radius 3 is 2.45 bits per heavy atom. The summed E-state index contributed by atoms with van der Waals surface area (Å²) in [6.45, 7) is 4.86. The van der Waals surface area contributed by atoms with Crippen molar-refractivity contribution < 1.29 is 28.8 Å². The van der Waals surface area contributed by atoms with Crippen molar-refractivity contribution in [2.45, 2.75) is 26.7 Å². The summed E-state index contributed by atoms with van der Waals surface area (Å²) in [7, 11) is 2.89. The largest absolute Gasteiger partial charge is 0.466 e. The molecule has 1 aromatic carbocycles. The standard InChI is InChI=1S/C21H24N2O7S/c1-6-30-21(26)18-17(14-8-7-9-15(10-14)23(27)28)16(20(25)29-5)13(3)22(4)19(18)31-11-12(2)24/h7-10,17H,6,11H2,1-5H3. The molecule has 0 aliphatic carbocycles. The zero-order valence-corrected chi connectivity index (χ0v) is 18.8. The number of non-ortho nitro benzene ring substituents is 1. The minimum atomic E-state index is -0.961. The van der Waals surface area contributed by atoms with Crippen LogP contribution in [0.2, 0.25) is 0 Å². The van der Waals surface area contributed by atoms with E-state index in [1.165, 1.54) is 32.2 Å². The van der Waals surface area contributed by atoms with Gasteiger partial charge >= 0.3 is 11.9 Å². The van der Waals surface area contributed by atoms with Crippen molar-refractivity contribution in [1.29, 1.82) is 0 Å². The molecule has 0 spiro atoms. The molecule has 0 aromatic heterocycles. The molecule has 166 valence electrons. The Bertz CT molecular complexity index is 984. The quantitative estimate of drug-likeness (QED) is 0.336. The van der Waals surface area contributed by atoms with Gasteiger partial charge in [0.15, 0.2) is 0 Å². The lowest BCUT2D eigenvalue weighted by Gasteiger charge is -2.36. The van der Waals surface area contributed by atoms with E-state index >= 15 is 0 Å². The number of allylic oxidation sites excluding steroid dienone is 1. The van der Waals surface area contributed by atoms with E-state index < -0.39 is 22.8 Å². The first kappa shape index (κ1) is 24.1. The van der Waals surface area contributed by atoms with Crippen molar-refractivity contribution in [2.75, 3.05) is 26.5 Å². The van der Waals surface area contributed by atoms with Crippen LogP contribution in [0, 0.1) is 10.1 Å². The zero-order valence-electron chi connectivity index (χ0n) is 18.0. The molecule has 0 fully saturated rings. The van der Waals surface area contributed by atoms with Gasteiger partial charge in [-0.15, -0.1) is 0 Å². The van der Waals surface area contributed by atoms with E-state index in [1.54, 1.807) is 31.9 Å². The summed E-state index contributed by atoms with van der Waals surface area (Å²) in [4.78, 5) is 49.8. The number of thioether (sulfide) groups is 1. The number of nitro benzene ring substituents is 1. The first-order valence-electron chi connectivity index (χ1n) is 9.44. The average molecular weight is 448 g/mol. The topological polar surface area (TPSA) is 116 Å². The predicted molar refractivity (Wildman–Crippen MR) is 115 cm³/mol. The van der Waals surface area contributed by atoms with E-state index in [4.69, 9.17) is 9.47 Å². The summed E-state index contributed by atoms with van der Waals surface area (Å²) in [5.74, 6) is -2.30. The predicted octanol–water partition coefficient (Wildman–Crippen LogP) is 3.17. The Hall–Kier alpha value is -3.14. The van der Waals surface area contributed by atoms with E-state index in [0.29, 0.717) is 16.3 Å². The third kappa shape index (κ3) is 5.13. The molecule has 1 atom stereocenters. The number of hydrogen-bond donors (Lipinski definition) is 0. The van der Waals surface area contributed by atoms with Crippen molar-refractivity contribution in [3.05, 3.63) is 61.8 Å². The number of carbonyl (C=O) groups excluding carboxylic acids is 3. The smallest absolute Gasteiger partial charge is 0.337 e. The number of carbonyl (C=O) groups is 3. The monoisotopic (exact) mass is 448 g/mol. The van der Waals surface area contributed by atoms with E-state index in [9.17, 15) is 24.5 Å². The molecule has 1 aliphatic rings. The third-order valence-corrected chi connectivity index (χ3v) is 6.05. The normalized spacial score (nSPS) is 16.3. The summed E-state index contributed by atoms with van der Waals surface area (Å²) < 4.78 is 10.2. The second-order valence-electron chi connectivity index (χ2n) is 6.76. The molecule has 1 aliphatic heterocycles. The number of esters is 2. The van der Waals surface area contributed by atoms with Crippen molar-refractivity contribution in [2.24, 2.45) is 0 Å². The summed E-state index contributed by atoms with van der Waals surface area (Å²) in [5.41, 5.74) is 0.982. The number of benzene rings is 1. The molecule has 0 saturated heterocycles. The van der Waals surface area contributed by atoms with Crippen LogP contribution in [0.15, 0.2) is 46.1 Å². The Morgan fingerprint density at radius 1 is 1.23 bits per heavy atom. The highest BCUT2D eigenvalue weighted by Gasteiger charge is 2.41. The minimum Gasteiger partial charge on any atom is -0.466 e. The summed E-state index contributed by atoms with van der Waals surface area (Å²) in [6.07, 6.45) is 0. The Morgan fingerprint density at radius 2 is 1.90 bits per heavy atom. The zero-order chi connectivity index (χ0) is 23.3. The summed E-state index contributed by atoms with van der Waals surface area (Å²) in [6, 6.07) is 5.73. The molecular formula is C21H24N2O7S. The molecule has 9 nitrogen and oxygen atoms in total. The Balaban J connectivity index is 2.83. The van der Waals surface area contributed by atoms with Crippen LogP contribution in [0.5, 0.6) is 0 Å². The van der Waals surface area contributed by atoms with Gasteiger partial charge in [0.2, 0.25) is 0 Å². The van der Waals surface area contributed by atoms with Crippen LogP contribution >= 0.6 is 11.8 Å². The van der Waals surface area contributed by atoms with E-state index in [2.05, 4.69) is 0 Å². The second-order valence-corrected chi connectivity index (χ2v) is 7.73. The van der Waals surface area contributed by atoms with Gasteiger partial charge in [0.25, 0.3) is 5.69 Å².